The van der Waals surface area contributed by atoms with Gasteiger partial charge in [0.05, 0.1) is 4.90 Å². The number of nitrogens with one attached hydrogen (secondary N) is 1. The lowest BCUT2D eigenvalue weighted by Crippen LogP contribution is -2.40. The van der Waals surface area contributed by atoms with Crippen molar-refractivity contribution in [2.45, 2.75) is 31.1 Å². The van der Waals surface area contributed by atoms with Gasteiger partial charge < -0.3 is 5.32 Å². The first-order valence-electron chi connectivity index (χ1n) is 6.32. The van der Waals surface area contributed by atoms with Crippen LogP contribution in [0.1, 0.15) is 36.5 Å². The highest BCUT2D eigenvalue weighted by Crippen LogP contribution is 2.39. The molecule has 5 nitrogen and oxygen atoms in total. The van der Waals surface area contributed by atoms with Gasteiger partial charge in [-0.2, -0.15) is 0 Å². The van der Waals surface area contributed by atoms with Gasteiger partial charge in [-0.1, -0.05) is 13.3 Å². The van der Waals surface area contributed by atoms with Crippen LogP contribution in [0.15, 0.2) is 27.6 Å². The lowest BCUT2D eigenvalue weighted by molar-refractivity contribution is 0.0890. The Morgan fingerprint density at radius 3 is 2.60 bits per heavy atom. The zero-order valence-electron chi connectivity index (χ0n) is 11.1. The first kappa shape index (κ1) is 15.5. The van der Waals surface area contributed by atoms with Gasteiger partial charge >= 0.3 is 0 Å². The number of amides is 1. The summed E-state index contributed by atoms with van der Waals surface area (Å²) in [5.74, 6) is -0.282. The maximum absolute atomic E-state index is 12.1. The Bertz CT molecular complexity index is 639. The Labute approximate surface area is 127 Å². The predicted octanol–water partition coefficient (Wildman–Crippen LogP) is 2.02. The van der Waals surface area contributed by atoms with Gasteiger partial charge in [0, 0.05) is 16.6 Å². The molecule has 1 amide bonds. The number of carbonyl (C=O) groups is 1. The van der Waals surface area contributed by atoms with E-state index in [1.165, 1.54) is 18.6 Å². The molecule has 0 bridgehead atoms. The van der Waals surface area contributed by atoms with Gasteiger partial charge in [-0.25, -0.2) is 13.6 Å². The topological polar surface area (TPSA) is 89.3 Å². The van der Waals surface area contributed by atoms with Crippen molar-refractivity contribution in [3.8, 4) is 0 Å². The normalized spacial score (nSPS) is 17.4. The van der Waals surface area contributed by atoms with Gasteiger partial charge in [0.1, 0.15) is 0 Å². The summed E-state index contributed by atoms with van der Waals surface area (Å²) in [6, 6.07) is 4.37. The highest BCUT2D eigenvalue weighted by Gasteiger charge is 2.32. The van der Waals surface area contributed by atoms with Crippen LogP contribution in [0.25, 0.3) is 0 Å². The van der Waals surface area contributed by atoms with Gasteiger partial charge in [-0.3, -0.25) is 4.79 Å². The number of benzene rings is 1. The summed E-state index contributed by atoms with van der Waals surface area (Å²) in [4.78, 5) is 12.0. The zero-order valence-corrected chi connectivity index (χ0v) is 13.6. The van der Waals surface area contributed by atoms with Gasteiger partial charge in [0.15, 0.2) is 0 Å². The van der Waals surface area contributed by atoms with Gasteiger partial charge in [-0.05, 0) is 52.4 Å². The zero-order chi connectivity index (χ0) is 15.0. The molecule has 1 aliphatic carbocycles. The average Bonchev–Trinajstić information content (AvgIpc) is 2.32. The maximum Gasteiger partial charge on any atom is 0.251 e. The van der Waals surface area contributed by atoms with Crippen LogP contribution in [0, 0.1) is 5.41 Å². The van der Waals surface area contributed by atoms with Crippen molar-refractivity contribution in [2.24, 2.45) is 10.6 Å². The SMILES string of the molecule is CC1(CNC(=O)c2ccc(Br)c(S(N)(=O)=O)c2)CCC1. The standard InChI is InChI=1S/C13H17BrN2O3S/c1-13(5-2-6-13)8-16-12(17)9-3-4-10(14)11(7-9)20(15,18)19/h3-4,7H,2,5-6,8H2,1H3,(H,16,17)(H2,15,18,19). The monoisotopic (exact) mass is 360 g/mol. The number of rotatable bonds is 4. The molecule has 0 spiro atoms. The molecule has 0 aromatic heterocycles. The Morgan fingerprint density at radius 1 is 1.45 bits per heavy atom. The van der Waals surface area contributed by atoms with Crippen molar-refractivity contribution in [3.05, 3.63) is 28.2 Å². The first-order chi connectivity index (χ1) is 9.21. The molecule has 1 aromatic carbocycles. The van der Waals surface area contributed by atoms with E-state index in [0.717, 1.165) is 12.8 Å². The molecule has 0 unspecified atom stereocenters. The highest BCUT2D eigenvalue weighted by atomic mass is 79.9. The van der Waals surface area contributed by atoms with Crippen molar-refractivity contribution in [2.75, 3.05) is 6.54 Å². The molecule has 1 saturated carbocycles. The Balaban J connectivity index is 2.14. The fraction of sp³-hybridized carbons (Fsp3) is 0.462. The maximum atomic E-state index is 12.1. The van der Waals surface area contributed by atoms with Crippen molar-refractivity contribution >= 4 is 31.9 Å². The number of carbonyl (C=O) groups excluding carboxylic acids is 1. The highest BCUT2D eigenvalue weighted by molar-refractivity contribution is 9.10. The predicted molar refractivity (Wildman–Crippen MR) is 79.8 cm³/mol. The van der Waals surface area contributed by atoms with Crippen LogP contribution in [0.5, 0.6) is 0 Å². The molecular weight excluding hydrogens is 344 g/mol. The molecule has 1 fully saturated rings. The summed E-state index contributed by atoms with van der Waals surface area (Å²) >= 11 is 3.12. The van der Waals surface area contributed by atoms with E-state index in [-0.39, 0.29) is 16.2 Å². The van der Waals surface area contributed by atoms with Crippen molar-refractivity contribution in [1.82, 2.24) is 5.32 Å². The van der Waals surface area contributed by atoms with Crippen molar-refractivity contribution < 1.29 is 13.2 Å². The minimum atomic E-state index is -3.85. The lowest BCUT2D eigenvalue weighted by atomic mass is 9.70. The van der Waals surface area contributed by atoms with Gasteiger partial charge in [0.25, 0.3) is 5.91 Å². The second-order valence-corrected chi connectivity index (χ2v) is 7.92. The first-order valence-corrected chi connectivity index (χ1v) is 8.66. The van der Waals surface area contributed by atoms with Crippen LogP contribution in [0.2, 0.25) is 0 Å². The Kier molecular flexibility index (Phi) is 4.22. The third kappa shape index (κ3) is 3.39. The third-order valence-corrected chi connectivity index (χ3v) is 5.64. The van der Waals surface area contributed by atoms with Crippen LogP contribution in [0.4, 0.5) is 0 Å². The van der Waals surface area contributed by atoms with E-state index in [1.807, 2.05) is 0 Å². The molecule has 1 aliphatic rings. The lowest BCUT2D eigenvalue weighted by Gasteiger charge is -2.38. The summed E-state index contributed by atoms with van der Waals surface area (Å²) in [7, 11) is -3.85. The third-order valence-electron chi connectivity index (χ3n) is 3.74. The molecule has 0 radical (unpaired) electrons. The van der Waals surface area contributed by atoms with E-state index in [2.05, 4.69) is 28.2 Å². The van der Waals surface area contributed by atoms with Crippen LogP contribution in [0.3, 0.4) is 0 Å². The quantitative estimate of drug-likeness (QED) is 0.860. The van der Waals surface area contributed by atoms with Crippen LogP contribution < -0.4 is 10.5 Å². The summed E-state index contributed by atoms with van der Waals surface area (Å²) in [5, 5.41) is 7.96. The van der Waals surface area contributed by atoms with E-state index in [9.17, 15) is 13.2 Å². The molecule has 3 N–H and O–H groups in total. The molecular formula is C13H17BrN2O3S. The van der Waals surface area contributed by atoms with E-state index >= 15 is 0 Å². The number of primary sulfonamides is 1. The summed E-state index contributed by atoms with van der Waals surface area (Å²) in [6.45, 7) is 2.74. The average molecular weight is 361 g/mol. The Hall–Kier alpha value is -0.920. The molecule has 2 rings (SSSR count). The molecule has 7 heteroatoms. The van der Waals surface area contributed by atoms with Crippen LogP contribution in [-0.4, -0.2) is 20.9 Å². The molecule has 0 saturated heterocycles. The Morgan fingerprint density at radius 2 is 2.10 bits per heavy atom. The largest absolute Gasteiger partial charge is 0.351 e. The molecule has 0 heterocycles. The second-order valence-electron chi connectivity index (χ2n) is 5.54. The van der Waals surface area contributed by atoms with Gasteiger partial charge in [-0.15, -0.1) is 0 Å². The van der Waals surface area contributed by atoms with E-state index in [4.69, 9.17) is 5.14 Å². The summed E-state index contributed by atoms with van der Waals surface area (Å²) in [5.41, 5.74) is 0.466. The molecule has 20 heavy (non-hydrogen) atoms. The minimum absolute atomic E-state index is 0.0833. The molecule has 110 valence electrons. The van der Waals surface area contributed by atoms with Crippen LogP contribution >= 0.6 is 15.9 Å². The number of nitrogens with two attached hydrogens (primary N) is 1. The fourth-order valence-electron chi connectivity index (χ4n) is 2.22. The van der Waals surface area contributed by atoms with Gasteiger partial charge in [0.2, 0.25) is 10.0 Å². The minimum Gasteiger partial charge on any atom is -0.351 e. The van der Waals surface area contributed by atoms with E-state index in [1.54, 1.807) is 6.07 Å². The molecule has 1 aromatic rings. The second kappa shape index (κ2) is 5.46. The summed E-state index contributed by atoms with van der Waals surface area (Å²) < 4.78 is 23.2. The molecule has 0 aliphatic heterocycles. The number of sulfonamides is 1. The van der Waals surface area contributed by atoms with Crippen molar-refractivity contribution in [1.29, 1.82) is 0 Å². The number of halogens is 1. The van der Waals surface area contributed by atoms with Crippen LogP contribution in [-0.2, 0) is 10.0 Å². The van der Waals surface area contributed by atoms with E-state index in [0.29, 0.717) is 16.6 Å². The molecule has 0 atom stereocenters. The smallest absolute Gasteiger partial charge is 0.251 e. The van der Waals surface area contributed by atoms with Crippen molar-refractivity contribution in [3.63, 3.8) is 0 Å². The number of hydrogen-bond donors (Lipinski definition) is 2. The fourth-order valence-corrected chi connectivity index (χ4v) is 3.77. The summed E-state index contributed by atoms with van der Waals surface area (Å²) in [6.07, 6.45) is 3.41. The number of hydrogen-bond acceptors (Lipinski definition) is 3. The van der Waals surface area contributed by atoms with E-state index < -0.39 is 10.0 Å².